The summed E-state index contributed by atoms with van der Waals surface area (Å²) >= 11 is 0. The number of hydrogen-bond donors (Lipinski definition) is 1. The van der Waals surface area contributed by atoms with Gasteiger partial charge < -0.3 is 10.2 Å². The minimum atomic E-state index is 0.208. The van der Waals surface area contributed by atoms with Crippen LogP contribution in [0.1, 0.15) is 32.6 Å². The van der Waals surface area contributed by atoms with Crippen molar-refractivity contribution in [1.29, 1.82) is 0 Å². The first-order valence-corrected chi connectivity index (χ1v) is 7.36. The lowest BCUT2D eigenvalue weighted by Crippen LogP contribution is -2.30. The van der Waals surface area contributed by atoms with Crippen LogP contribution in [0.5, 0.6) is 0 Å². The third kappa shape index (κ3) is 4.27. The van der Waals surface area contributed by atoms with Crippen LogP contribution in [0.4, 0.5) is 5.69 Å². The SMILES string of the molecule is CCCCC(=O)NCC1CCN(c2ccccc2)C1. The van der Waals surface area contributed by atoms with Crippen LogP contribution in [0.15, 0.2) is 30.3 Å². The number of benzene rings is 1. The Balaban J connectivity index is 1.72. The van der Waals surface area contributed by atoms with Crippen molar-refractivity contribution in [3.8, 4) is 0 Å². The van der Waals surface area contributed by atoms with E-state index >= 15 is 0 Å². The minimum absolute atomic E-state index is 0.208. The van der Waals surface area contributed by atoms with Crippen LogP contribution < -0.4 is 10.2 Å². The highest BCUT2D eigenvalue weighted by Gasteiger charge is 2.22. The molecule has 0 saturated carbocycles. The van der Waals surface area contributed by atoms with Crippen molar-refractivity contribution >= 4 is 11.6 Å². The second kappa shape index (κ2) is 7.17. The van der Waals surface area contributed by atoms with Gasteiger partial charge >= 0.3 is 0 Å². The van der Waals surface area contributed by atoms with Crippen LogP contribution >= 0.6 is 0 Å². The molecule has 1 unspecified atom stereocenters. The van der Waals surface area contributed by atoms with E-state index in [-0.39, 0.29) is 5.91 Å². The van der Waals surface area contributed by atoms with Gasteiger partial charge in [0.15, 0.2) is 0 Å². The average molecular weight is 260 g/mol. The fourth-order valence-electron chi connectivity index (χ4n) is 2.56. The fraction of sp³-hybridized carbons (Fsp3) is 0.562. The van der Waals surface area contributed by atoms with Crippen molar-refractivity contribution in [3.63, 3.8) is 0 Å². The Hall–Kier alpha value is -1.51. The Morgan fingerprint density at radius 3 is 2.89 bits per heavy atom. The van der Waals surface area contributed by atoms with Crippen molar-refractivity contribution < 1.29 is 4.79 Å². The topological polar surface area (TPSA) is 32.3 Å². The van der Waals surface area contributed by atoms with Crippen molar-refractivity contribution in [2.24, 2.45) is 5.92 Å². The minimum Gasteiger partial charge on any atom is -0.371 e. The van der Waals surface area contributed by atoms with Gasteiger partial charge in [0, 0.05) is 31.7 Å². The summed E-state index contributed by atoms with van der Waals surface area (Å²) in [6.07, 6.45) is 3.92. The molecule has 1 aliphatic rings. The smallest absolute Gasteiger partial charge is 0.220 e. The normalized spacial score (nSPS) is 18.6. The maximum atomic E-state index is 11.6. The van der Waals surface area contributed by atoms with E-state index in [9.17, 15) is 4.79 Å². The molecule has 0 aliphatic carbocycles. The van der Waals surface area contributed by atoms with Gasteiger partial charge in [0.05, 0.1) is 0 Å². The molecule has 1 aliphatic heterocycles. The van der Waals surface area contributed by atoms with Crippen LogP contribution in [0, 0.1) is 5.92 Å². The quantitative estimate of drug-likeness (QED) is 0.853. The van der Waals surface area contributed by atoms with Crippen molar-refractivity contribution in [1.82, 2.24) is 5.32 Å². The first-order chi connectivity index (χ1) is 9.29. The molecule has 0 spiro atoms. The molecule has 0 radical (unpaired) electrons. The number of anilines is 1. The Morgan fingerprint density at radius 2 is 2.16 bits per heavy atom. The molecule has 1 saturated heterocycles. The zero-order valence-corrected chi connectivity index (χ0v) is 11.8. The third-order valence-corrected chi connectivity index (χ3v) is 3.75. The predicted octanol–water partition coefficient (Wildman–Crippen LogP) is 2.82. The van der Waals surface area contributed by atoms with E-state index < -0.39 is 0 Å². The molecule has 1 fully saturated rings. The molecule has 1 aromatic carbocycles. The van der Waals surface area contributed by atoms with E-state index in [1.54, 1.807) is 0 Å². The van der Waals surface area contributed by atoms with Gasteiger partial charge in [-0.2, -0.15) is 0 Å². The monoisotopic (exact) mass is 260 g/mol. The molecule has 0 bridgehead atoms. The first-order valence-electron chi connectivity index (χ1n) is 7.36. The molecule has 104 valence electrons. The zero-order valence-electron chi connectivity index (χ0n) is 11.8. The maximum Gasteiger partial charge on any atom is 0.220 e. The van der Waals surface area contributed by atoms with Crippen molar-refractivity contribution in [3.05, 3.63) is 30.3 Å². The summed E-state index contributed by atoms with van der Waals surface area (Å²) in [4.78, 5) is 14.0. The summed E-state index contributed by atoms with van der Waals surface area (Å²) in [5.74, 6) is 0.797. The number of carbonyl (C=O) groups excluding carboxylic acids is 1. The van der Waals surface area contributed by atoms with Crippen molar-refractivity contribution in [2.45, 2.75) is 32.6 Å². The number of nitrogens with one attached hydrogen (secondary N) is 1. The van der Waals surface area contributed by atoms with E-state index in [1.807, 2.05) is 6.07 Å². The Kier molecular flexibility index (Phi) is 5.25. The molecule has 1 heterocycles. The van der Waals surface area contributed by atoms with Gasteiger partial charge in [0.2, 0.25) is 5.91 Å². The second-order valence-electron chi connectivity index (χ2n) is 5.34. The van der Waals surface area contributed by atoms with Crippen LogP contribution in [0.2, 0.25) is 0 Å². The number of nitrogens with zero attached hydrogens (tertiary/aromatic N) is 1. The number of amides is 1. The number of carbonyl (C=O) groups is 1. The lowest BCUT2D eigenvalue weighted by Gasteiger charge is -2.18. The Bertz CT molecular complexity index is 391. The van der Waals surface area contributed by atoms with E-state index in [2.05, 4.69) is 41.4 Å². The molecule has 1 atom stereocenters. The predicted molar refractivity (Wildman–Crippen MR) is 79.3 cm³/mol. The number of para-hydroxylation sites is 1. The summed E-state index contributed by atoms with van der Waals surface area (Å²) in [6, 6.07) is 10.5. The third-order valence-electron chi connectivity index (χ3n) is 3.75. The van der Waals surface area contributed by atoms with Gasteiger partial charge in [-0.15, -0.1) is 0 Å². The number of rotatable bonds is 6. The van der Waals surface area contributed by atoms with Gasteiger partial charge in [-0.1, -0.05) is 31.5 Å². The van der Waals surface area contributed by atoms with E-state index in [0.29, 0.717) is 12.3 Å². The maximum absolute atomic E-state index is 11.6. The number of unbranched alkanes of at least 4 members (excludes halogenated alkanes) is 1. The molecule has 1 N–H and O–H groups in total. The molecule has 0 aromatic heterocycles. The van der Waals surface area contributed by atoms with E-state index in [0.717, 1.165) is 32.5 Å². The zero-order chi connectivity index (χ0) is 13.5. The summed E-state index contributed by atoms with van der Waals surface area (Å²) in [5.41, 5.74) is 1.29. The summed E-state index contributed by atoms with van der Waals surface area (Å²) in [6.45, 7) is 5.09. The molecule has 1 amide bonds. The average Bonchev–Trinajstić information content (AvgIpc) is 2.93. The van der Waals surface area contributed by atoms with Crippen LogP contribution in [-0.2, 0) is 4.79 Å². The van der Waals surface area contributed by atoms with Gasteiger partial charge in [-0.05, 0) is 30.9 Å². The standard InChI is InChI=1S/C16H24N2O/c1-2-3-9-16(19)17-12-14-10-11-18(13-14)15-7-5-4-6-8-15/h4-8,14H,2-3,9-13H2,1H3,(H,17,19). The molecular weight excluding hydrogens is 236 g/mol. The summed E-state index contributed by atoms with van der Waals surface area (Å²) < 4.78 is 0. The molecule has 3 heteroatoms. The van der Waals surface area contributed by atoms with E-state index in [1.165, 1.54) is 12.1 Å². The van der Waals surface area contributed by atoms with Gasteiger partial charge in [-0.25, -0.2) is 0 Å². The molecule has 3 nitrogen and oxygen atoms in total. The lowest BCUT2D eigenvalue weighted by atomic mass is 10.1. The van der Waals surface area contributed by atoms with Crippen LogP contribution in [-0.4, -0.2) is 25.5 Å². The summed E-state index contributed by atoms with van der Waals surface area (Å²) in [5, 5.41) is 3.07. The van der Waals surface area contributed by atoms with Crippen LogP contribution in [0.25, 0.3) is 0 Å². The molecule has 2 rings (SSSR count). The first kappa shape index (κ1) is 13.9. The lowest BCUT2D eigenvalue weighted by molar-refractivity contribution is -0.121. The Morgan fingerprint density at radius 1 is 1.37 bits per heavy atom. The van der Waals surface area contributed by atoms with Crippen LogP contribution in [0.3, 0.4) is 0 Å². The molecular formula is C16H24N2O. The largest absolute Gasteiger partial charge is 0.371 e. The highest BCUT2D eigenvalue weighted by Crippen LogP contribution is 2.22. The second-order valence-corrected chi connectivity index (χ2v) is 5.34. The highest BCUT2D eigenvalue weighted by atomic mass is 16.1. The summed E-state index contributed by atoms with van der Waals surface area (Å²) in [7, 11) is 0. The highest BCUT2D eigenvalue weighted by molar-refractivity contribution is 5.75. The van der Waals surface area contributed by atoms with Gasteiger partial charge in [0.25, 0.3) is 0 Å². The van der Waals surface area contributed by atoms with Gasteiger partial charge in [0.1, 0.15) is 0 Å². The van der Waals surface area contributed by atoms with E-state index in [4.69, 9.17) is 0 Å². The van der Waals surface area contributed by atoms with Crippen molar-refractivity contribution in [2.75, 3.05) is 24.5 Å². The molecule has 19 heavy (non-hydrogen) atoms. The fourth-order valence-corrected chi connectivity index (χ4v) is 2.56. The van der Waals surface area contributed by atoms with Gasteiger partial charge in [-0.3, -0.25) is 4.79 Å². The molecule has 1 aromatic rings. The number of hydrogen-bond acceptors (Lipinski definition) is 2. The Labute approximate surface area is 116 Å².